The fourth-order valence-electron chi connectivity index (χ4n) is 2.76. The van der Waals surface area contributed by atoms with Crippen molar-refractivity contribution >= 4 is 35.3 Å². The highest BCUT2D eigenvalue weighted by molar-refractivity contribution is 6.28. The smallest absolute Gasteiger partial charge is 0.408 e. The molecule has 0 aliphatic carbocycles. The van der Waals surface area contributed by atoms with Gasteiger partial charge >= 0.3 is 6.09 Å². The number of ketones is 1. The summed E-state index contributed by atoms with van der Waals surface area (Å²) < 4.78 is 5.06. The van der Waals surface area contributed by atoms with Gasteiger partial charge in [-0.05, 0) is 24.5 Å². The van der Waals surface area contributed by atoms with Crippen LogP contribution >= 0.6 is 11.6 Å². The second-order valence-corrected chi connectivity index (χ2v) is 7.32. The van der Waals surface area contributed by atoms with Gasteiger partial charge in [0.25, 0.3) is 0 Å². The first-order valence-electron chi connectivity index (χ1n) is 10.1. The fourth-order valence-corrected chi connectivity index (χ4v) is 2.95. The van der Waals surface area contributed by atoms with Crippen LogP contribution in [0.3, 0.4) is 0 Å². The molecule has 0 saturated heterocycles. The molecule has 0 saturated carbocycles. The zero-order valence-corrected chi connectivity index (χ0v) is 18.4. The van der Waals surface area contributed by atoms with Crippen molar-refractivity contribution in [3.05, 3.63) is 71.8 Å². The first kappa shape index (κ1) is 24.9. The molecule has 2 aromatic carbocycles. The van der Waals surface area contributed by atoms with Crippen molar-refractivity contribution in [2.45, 2.75) is 32.0 Å². The molecule has 32 heavy (non-hydrogen) atoms. The molecule has 3 N–H and O–H groups in total. The number of rotatable bonds is 11. The minimum atomic E-state index is -0.921. The van der Waals surface area contributed by atoms with Crippen molar-refractivity contribution in [1.29, 1.82) is 0 Å². The summed E-state index contributed by atoms with van der Waals surface area (Å²) in [5, 5.41) is 7.41. The highest BCUT2D eigenvalue weighted by Gasteiger charge is 2.22. The Morgan fingerprint density at radius 2 is 1.50 bits per heavy atom. The van der Waals surface area contributed by atoms with Gasteiger partial charge in [-0.25, -0.2) is 4.79 Å². The molecular formula is C23H26ClN3O5. The zero-order valence-electron chi connectivity index (χ0n) is 17.7. The number of amides is 3. The molecule has 0 bridgehead atoms. The molecule has 2 rings (SSSR count). The van der Waals surface area contributed by atoms with Crippen LogP contribution in [0, 0.1) is 0 Å². The van der Waals surface area contributed by atoms with Crippen LogP contribution < -0.4 is 16.0 Å². The van der Waals surface area contributed by atoms with E-state index < -0.39 is 30.0 Å². The van der Waals surface area contributed by atoms with Gasteiger partial charge in [-0.2, -0.15) is 0 Å². The second-order valence-electron chi connectivity index (χ2n) is 7.06. The Hall–Kier alpha value is -3.39. The molecule has 2 aromatic rings. The van der Waals surface area contributed by atoms with Gasteiger partial charge in [0, 0.05) is 0 Å². The van der Waals surface area contributed by atoms with Crippen LogP contribution in [0.25, 0.3) is 0 Å². The molecule has 2 atom stereocenters. The number of alkyl halides is 1. The third kappa shape index (κ3) is 8.77. The third-order valence-electron chi connectivity index (χ3n) is 4.50. The van der Waals surface area contributed by atoms with Gasteiger partial charge < -0.3 is 20.7 Å². The summed E-state index contributed by atoms with van der Waals surface area (Å²) in [4.78, 5) is 48.4. The van der Waals surface area contributed by atoms with Crippen molar-refractivity contribution < 1.29 is 23.9 Å². The average Bonchev–Trinajstić information content (AvgIpc) is 2.81. The summed E-state index contributed by atoms with van der Waals surface area (Å²) in [6, 6.07) is 16.6. The molecule has 170 valence electrons. The monoisotopic (exact) mass is 459 g/mol. The SMILES string of the molecule is C[C@H](NC(=O)OCc1ccccc1)C(=O)NCC(=O)N[C@@H](Cc1ccccc1)C(=O)CCl. The molecule has 0 heterocycles. The number of alkyl carbamates (subject to hydrolysis) is 1. The van der Waals surface area contributed by atoms with E-state index in [-0.39, 0.29) is 31.2 Å². The molecule has 0 aromatic heterocycles. The zero-order chi connectivity index (χ0) is 23.3. The lowest BCUT2D eigenvalue weighted by molar-refractivity contribution is -0.128. The van der Waals surface area contributed by atoms with Gasteiger partial charge in [-0.15, -0.1) is 11.6 Å². The Morgan fingerprint density at radius 1 is 0.906 bits per heavy atom. The quantitative estimate of drug-likeness (QED) is 0.444. The highest BCUT2D eigenvalue weighted by Crippen LogP contribution is 2.05. The molecule has 0 aliphatic heterocycles. The Bertz CT molecular complexity index is 908. The Kier molecular flexibility index (Phi) is 10.2. The highest BCUT2D eigenvalue weighted by atomic mass is 35.5. The largest absolute Gasteiger partial charge is 0.445 e. The van der Waals surface area contributed by atoms with E-state index in [0.717, 1.165) is 11.1 Å². The average molecular weight is 460 g/mol. The van der Waals surface area contributed by atoms with E-state index in [1.54, 1.807) is 0 Å². The van der Waals surface area contributed by atoms with Crippen LogP contribution in [-0.2, 0) is 32.1 Å². The summed E-state index contributed by atoms with van der Waals surface area (Å²) in [7, 11) is 0. The number of benzene rings is 2. The normalized spacial score (nSPS) is 12.2. The number of hydrogen-bond donors (Lipinski definition) is 3. The molecule has 3 amide bonds. The number of nitrogens with one attached hydrogen (secondary N) is 3. The number of hydrogen-bond acceptors (Lipinski definition) is 5. The molecule has 0 radical (unpaired) electrons. The van der Waals surface area contributed by atoms with Crippen LogP contribution in [0.5, 0.6) is 0 Å². The topological polar surface area (TPSA) is 114 Å². The first-order valence-corrected chi connectivity index (χ1v) is 10.6. The molecule has 0 aliphatic rings. The van der Waals surface area contributed by atoms with Crippen LogP contribution in [-0.4, -0.2) is 48.2 Å². The minimum absolute atomic E-state index is 0.0703. The molecule has 0 fully saturated rings. The first-order chi connectivity index (χ1) is 15.4. The van der Waals surface area contributed by atoms with Gasteiger partial charge in [-0.1, -0.05) is 60.7 Å². The van der Waals surface area contributed by atoms with E-state index in [4.69, 9.17) is 16.3 Å². The fraction of sp³-hybridized carbons (Fsp3) is 0.304. The van der Waals surface area contributed by atoms with E-state index >= 15 is 0 Å². The van der Waals surface area contributed by atoms with Crippen LogP contribution in [0.15, 0.2) is 60.7 Å². The summed E-state index contributed by atoms with van der Waals surface area (Å²) in [5.74, 6) is -1.68. The Labute approximate surface area is 191 Å². The molecule has 0 spiro atoms. The van der Waals surface area contributed by atoms with Gasteiger partial charge in [0.1, 0.15) is 12.6 Å². The maximum absolute atomic E-state index is 12.2. The standard InChI is InChI=1S/C23H26ClN3O5/c1-16(26-23(31)32-15-18-10-6-3-7-11-18)22(30)25-14-21(29)27-19(20(28)13-24)12-17-8-4-2-5-9-17/h2-11,16,19H,12-15H2,1H3,(H,25,30)(H,26,31)(H,27,29)/t16-,19-/m0/s1. The van der Waals surface area contributed by atoms with Crippen LogP contribution in [0.4, 0.5) is 4.79 Å². The number of halogens is 1. The van der Waals surface area contributed by atoms with E-state index in [1.165, 1.54) is 6.92 Å². The van der Waals surface area contributed by atoms with Crippen LogP contribution in [0.2, 0.25) is 0 Å². The minimum Gasteiger partial charge on any atom is -0.445 e. The summed E-state index contributed by atoms with van der Waals surface area (Å²) in [6.07, 6.45) is -0.464. The maximum atomic E-state index is 12.2. The molecule has 9 heteroatoms. The lowest BCUT2D eigenvalue weighted by Gasteiger charge is -2.18. The van der Waals surface area contributed by atoms with Gasteiger partial charge in [0.05, 0.1) is 18.5 Å². The van der Waals surface area contributed by atoms with E-state index in [1.807, 2.05) is 60.7 Å². The Morgan fingerprint density at radius 3 is 2.09 bits per heavy atom. The number of ether oxygens (including phenoxy) is 1. The number of carbonyl (C=O) groups excluding carboxylic acids is 4. The third-order valence-corrected chi connectivity index (χ3v) is 4.77. The lowest BCUT2D eigenvalue weighted by Crippen LogP contribution is -2.50. The maximum Gasteiger partial charge on any atom is 0.408 e. The van der Waals surface area contributed by atoms with Crippen molar-refractivity contribution in [1.82, 2.24) is 16.0 Å². The van der Waals surface area contributed by atoms with Crippen molar-refractivity contribution in [3.63, 3.8) is 0 Å². The van der Waals surface area contributed by atoms with E-state index in [2.05, 4.69) is 16.0 Å². The molecule has 0 unspecified atom stereocenters. The Balaban J connectivity index is 1.76. The predicted octanol–water partition coefficient (Wildman–Crippen LogP) is 1.95. The summed E-state index contributed by atoms with van der Waals surface area (Å²) >= 11 is 5.66. The van der Waals surface area contributed by atoms with Crippen LogP contribution in [0.1, 0.15) is 18.1 Å². The van der Waals surface area contributed by atoms with Gasteiger partial charge in [0.15, 0.2) is 5.78 Å². The molecule has 8 nitrogen and oxygen atoms in total. The molecular weight excluding hydrogens is 434 g/mol. The summed E-state index contributed by atoms with van der Waals surface area (Å²) in [6.45, 7) is 1.18. The number of carbonyl (C=O) groups is 4. The van der Waals surface area contributed by atoms with Crippen molar-refractivity contribution in [2.75, 3.05) is 12.4 Å². The van der Waals surface area contributed by atoms with Crippen molar-refractivity contribution in [2.24, 2.45) is 0 Å². The summed E-state index contributed by atoms with van der Waals surface area (Å²) in [5.41, 5.74) is 1.68. The lowest BCUT2D eigenvalue weighted by atomic mass is 10.0. The second kappa shape index (κ2) is 13.1. The van der Waals surface area contributed by atoms with Gasteiger partial charge in [0.2, 0.25) is 11.8 Å². The van der Waals surface area contributed by atoms with E-state index in [9.17, 15) is 19.2 Å². The predicted molar refractivity (Wildman–Crippen MR) is 120 cm³/mol. The van der Waals surface area contributed by atoms with Crippen molar-refractivity contribution in [3.8, 4) is 0 Å². The van der Waals surface area contributed by atoms with Gasteiger partial charge in [-0.3, -0.25) is 14.4 Å². The number of Topliss-reactive ketones (excluding diaryl/α,β-unsaturated/α-hetero) is 1. The van der Waals surface area contributed by atoms with E-state index in [0.29, 0.717) is 0 Å².